The molecule has 1 unspecified atom stereocenters. The van der Waals surface area contributed by atoms with Crippen LogP contribution in [0.2, 0.25) is 0 Å². The maximum Gasteiger partial charge on any atom is 0.151 e. The Morgan fingerprint density at radius 2 is 2.44 bits per heavy atom. The number of aldehydes is 1. The molecule has 3 nitrogen and oxygen atoms in total. The van der Waals surface area contributed by atoms with Gasteiger partial charge in [0.15, 0.2) is 6.29 Å². The largest absolute Gasteiger partial charge is 0.412 e. The quantitative estimate of drug-likeness (QED) is 0.517. The van der Waals surface area contributed by atoms with Crippen molar-refractivity contribution in [1.82, 2.24) is 5.48 Å². The second kappa shape index (κ2) is 2.19. The van der Waals surface area contributed by atoms with Crippen molar-refractivity contribution in [3.63, 3.8) is 0 Å². The molecular weight excluding hydrogens is 118 g/mol. The standard InChI is InChI=1S/C6H9NO2/c1-4-6(3-8)5(2)9-7-4/h3-4,7H,1-2H3. The molecule has 0 fully saturated rings. The van der Waals surface area contributed by atoms with E-state index in [-0.39, 0.29) is 6.04 Å². The normalized spacial score (nSPS) is 26.2. The third-order valence-corrected chi connectivity index (χ3v) is 1.39. The van der Waals surface area contributed by atoms with Gasteiger partial charge in [-0.05, 0) is 13.8 Å². The lowest BCUT2D eigenvalue weighted by Gasteiger charge is -1.98. The van der Waals surface area contributed by atoms with Crippen molar-refractivity contribution in [3.8, 4) is 0 Å². The summed E-state index contributed by atoms with van der Waals surface area (Å²) >= 11 is 0. The molecule has 0 aromatic rings. The summed E-state index contributed by atoms with van der Waals surface area (Å²) in [6.07, 6.45) is 0.819. The van der Waals surface area contributed by atoms with E-state index in [2.05, 4.69) is 5.48 Å². The van der Waals surface area contributed by atoms with Crippen LogP contribution in [0.4, 0.5) is 0 Å². The molecule has 1 aliphatic heterocycles. The summed E-state index contributed by atoms with van der Waals surface area (Å²) in [4.78, 5) is 15.1. The van der Waals surface area contributed by atoms with Crippen LogP contribution >= 0.6 is 0 Å². The average molecular weight is 127 g/mol. The van der Waals surface area contributed by atoms with E-state index in [4.69, 9.17) is 4.84 Å². The molecular formula is C6H9NO2. The SMILES string of the molecule is CC1=C(C=O)C(C)NO1. The number of hydrogen-bond acceptors (Lipinski definition) is 3. The molecule has 9 heavy (non-hydrogen) atoms. The summed E-state index contributed by atoms with van der Waals surface area (Å²) < 4.78 is 0. The highest BCUT2D eigenvalue weighted by atomic mass is 16.7. The monoisotopic (exact) mass is 127 g/mol. The van der Waals surface area contributed by atoms with E-state index in [1.54, 1.807) is 6.92 Å². The smallest absolute Gasteiger partial charge is 0.151 e. The fraction of sp³-hybridized carbons (Fsp3) is 0.500. The lowest BCUT2D eigenvalue weighted by molar-refractivity contribution is -0.105. The van der Waals surface area contributed by atoms with Gasteiger partial charge in [-0.3, -0.25) is 4.79 Å². The minimum absolute atomic E-state index is 0.0440. The Morgan fingerprint density at radius 1 is 1.78 bits per heavy atom. The van der Waals surface area contributed by atoms with Gasteiger partial charge in [0.25, 0.3) is 0 Å². The van der Waals surface area contributed by atoms with Crippen LogP contribution < -0.4 is 5.48 Å². The van der Waals surface area contributed by atoms with E-state index in [1.807, 2.05) is 6.92 Å². The Labute approximate surface area is 53.6 Å². The molecule has 1 rings (SSSR count). The summed E-state index contributed by atoms with van der Waals surface area (Å²) in [5, 5.41) is 0. The second-order valence-electron chi connectivity index (χ2n) is 2.07. The van der Waals surface area contributed by atoms with E-state index >= 15 is 0 Å². The van der Waals surface area contributed by atoms with Gasteiger partial charge in [-0.25, -0.2) is 0 Å². The zero-order valence-corrected chi connectivity index (χ0v) is 5.47. The first-order valence-electron chi connectivity index (χ1n) is 2.84. The first-order valence-corrected chi connectivity index (χ1v) is 2.84. The minimum atomic E-state index is 0.0440. The van der Waals surface area contributed by atoms with Crippen LogP contribution in [0.15, 0.2) is 11.3 Å². The molecule has 0 radical (unpaired) electrons. The lowest BCUT2D eigenvalue weighted by Crippen LogP contribution is -2.19. The maximum atomic E-state index is 10.3. The van der Waals surface area contributed by atoms with Crippen LogP contribution in [0.1, 0.15) is 13.8 Å². The van der Waals surface area contributed by atoms with Crippen LogP contribution in [-0.4, -0.2) is 12.3 Å². The minimum Gasteiger partial charge on any atom is -0.412 e. The lowest BCUT2D eigenvalue weighted by atomic mass is 10.1. The molecule has 0 bridgehead atoms. The fourth-order valence-corrected chi connectivity index (χ4v) is 0.789. The number of hydroxylamine groups is 1. The molecule has 1 N–H and O–H groups in total. The summed E-state index contributed by atoms with van der Waals surface area (Å²) in [6, 6.07) is 0.0440. The van der Waals surface area contributed by atoms with E-state index in [0.717, 1.165) is 6.29 Å². The highest BCUT2D eigenvalue weighted by Gasteiger charge is 2.18. The van der Waals surface area contributed by atoms with Crippen molar-refractivity contribution < 1.29 is 9.63 Å². The predicted molar refractivity (Wildman–Crippen MR) is 32.4 cm³/mol. The van der Waals surface area contributed by atoms with Crippen LogP contribution in [0.25, 0.3) is 0 Å². The van der Waals surface area contributed by atoms with Crippen molar-refractivity contribution in [3.05, 3.63) is 11.3 Å². The molecule has 0 spiro atoms. The topological polar surface area (TPSA) is 38.3 Å². The molecule has 0 saturated heterocycles. The third kappa shape index (κ3) is 0.954. The zero-order chi connectivity index (χ0) is 6.85. The number of carbonyl (C=O) groups is 1. The van der Waals surface area contributed by atoms with E-state index in [0.29, 0.717) is 11.3 Å². The Bertz CT molecular complexity index is 162. The number of allylic oxidation sites excluding steroid dienone is 1. The first kappa shape index (κ1) is 6.29. The highest BCUT2D eigenvalue weighted by molar-refractivity contribution is 5.76. The molecule has 50 valence electrons. The Hall–Kier alpha value is -0.830. The van der Waals surface area contributed by atoms with Gasteiger partial charge < -0.3 is 4.84 Å². The molecule has 1 heterocycles. The molecule has 1 atom stereocenters. The number of rotatable bonds is 1. The van der Waals surface area contributed by atoms with Crippen LogP contribution in [-0.2, 0) is 9.63 Å². The highest BCUT2D eigenvalue weighted by Crippen LogP contribution is 2.13. The van der Waals surface area contributed by atoms with Gasteiger partial charge in [0.1, 0.15) is 5.76 Å². The van der Waals surface area contributed by atoms with Crippen LogP contribution in [0, 0.1) is 0 Å². The zero-order valence-electron chi connectivity index (χ0n) is 5.47. The van der Waals surface area contributed by atoms with Gasteiger partial charge in [-0.15, -0.1) is 5.48 Å². The first-order chi connectivity index (χ1) is 4.25. The number of hydrogen-bond donors (Lipinski definition) is 1. The molecule has 0 amide bonds. The third-order valence-electron chi connectivity index (χ3n) is 1.39. The van der Waals surface area contributed by atoms with Crippen molar-refractivity contribution in [2.75, 3.05) is 0 Å². The summed E-state index contributed by atoms with van der Waals surface area (Å²) in [5.74, 6) is 0.678. The Kier molecular flexibility index (Phi) is 1.53. The van der Waals surface area contributed by atoms with Crippen molar-refractivity contribution in [2.45, 2.75) is 19.9 Å². The van der Waals surface area contributed by atoms with Crippen LogP contribution in [0.3, 0.4) is 0 Å². The molecule has 0 aromatic heterocycles. The van der Waals surface area contributed by atoms with Gasteiger partial charge in [-0.2, -0.15) is 0 Å². The van der Waals surface area contributed by atoms with E-state index in [1.165, 1.54) is 0 Å². The number of nitrogens with one attached hydrogen (secondary N) is 1. The predicted octanol–water partition coefficient (Wildman–Crippen LogP) is 0.383. The van der Waals surface area contributed by atoms with Gasteiger partial charge in [0.2, 0.25) is 0 Å². The number of carbonyl (C=O) groups excluding carboxylic acids is 1. The van der Waals surface area contributed by atoms with Crippen molar-refractivity contribution >= 4 is 6.29 Å². The molecule has 1 aliphatic rings. The molecule has 0 saturated carbocycles. The van der Waals surface area contributed by atoms with Gasteiger partial charge in [-0.1, -0.05) is 0 Å². The second-order valence-corrected chi connectivity index (χ2v) is 2.07. The summed E-state index contributed by atoms with van der Waals surface area (Å²) in [5.41, 5.74) is 3.37. The average Bonchev–Trinajstić information content (AvgIpc) is 2.12. The summed E-state index contributed by atoms with van der Waals surface area (Å²) in [7, 11) is 0. The molecule has 3 heteroatoms. The maximum absolute atomic E-state index is 10.3. The Balaban J connectivity index is 2.81. The molecule has 0 aliphatic carbocycles. The van der Waals surface area contributed by atoms with Gasteiger partial charge in [0.05, 0.1) is 11.6 Å². The fourth-order valence-electron chi connectivity index (χ4n) is 0.789. The Morgan fingerprint density at radius 3 is 2.67 bits per heavy atom. The van der Waals surface area contributed by atoms with E-state index < -0.39 is 0 Å². The van der Waals surface area contributed by atoms with E-state index in [9.17, 15) is 4.79 Å². The van der Waals surface area contributed by atoms with Crippen molar-refractivity contribution in [1.29, 1.82) is 0 Å². The van der Waals surface area contributed by atoms with Gasteiger partial charge in [0, 0.05) is 0 Å². The van der Waals surface area contributed by atoms with Crippen LogP contribution in [0.5, 0.6) is 0 Å². The van der Waals surface area contributed by atoms with Gasteiger partial charge >= 0.3 is 0 Å². The molecule has 0 aromatic carbocycles. The van der Waals surface area contributed by atoms with Crippen molar-refractivity contribution in [2.24, 2.45) is 0 Å². The summed E-state index contributed by atoms with van der Waals surface area (Å²) in [6.45, 7) is 3.64.